The van der Waals surface area contributed by atoms with E-state index >= 15 is 0 Å². The third-order valence-corrected chi connectivity index (χ3v) is 5.40. The Morgan fingerprint density at radius 2 is 1.89 bits per heavy atom. The maximum atomic E-state index is 13.1. The van der Waals surface area contributed by atoms with E-state index in [4.69, 9.17) is 0 Å². The number of piperidine rings is 1. The van der Waals surface area contributed by atoms with Crippen LogP contribution in [0.1, 0.15) is 34.3 Å². The van der Waals surface area contributed by atoms with Crippen molar-refractivity contribution >= 4 is 11.6 Å². The van der Waals surface area contributed by atoms with E-state index in [1.165, 1.54) is 11.1 Å². The lowest BCUT2D eigenvalue weighted by Gasteiger charge is -2.34. The smallest absolute Gasteiger partial charge is 0.253 e. The number of carbonyl (C=O) groups is 1. The summed E-state index contributed by atoms with van der Waals surface area (Å²) in [4.78, 5) is 15.0. The zero-order valence-electron chi connectivity index (χ0n) is 16.3. The molecule has 1 saturated heterocycles. The van der Waals surface area contributed by atoms with E-state index in [0.29, 0.717) is 12.1 Å². The average molecular weight is 375 g/mol. The van der Waals surface area contributed by atoms with Gasteiger partial charge in [0.1, 0.15) is 12.7 Å². The second kappa shape index (κ2) is 7.84. The second-order valence-electron chi connectivity index (χ2n) is 7.45. The topological polar surface area (TPSA) is 63.1 Å². The Morgan fingerprint density at radius 3 is 2.68 bits per heavy atom. The number of likely N-dealkylation sites (tertiary alicyclic amines) is 1. The van der Waals surface area contributed by atoms with Crippen LogP contribution in [-0.2, 0) is 0 Å². The molecule has 1 aliphatic rings. The minimum Gasteiger partial charge on any atom is -0.381 e. The van der Waals surface area contributed by atoms with Gasteiger partial charge in [-0.2, -0.15) is 0 Å². The fourth-order valence-electron chi connectivity index (χ4n) is 3.66. The van der Waals surface area contributed by atoms with Crippen molar-refractivity contribution in [3.63, 3.8) is 0 Å². The molecule has 2 aromatic carbocycles. The van der Waals surface area contributed by atoms with E-state index in [0.717, 1.165) is 30.8 Å². The molecule has 1 N–H and O–H groups in total. The van der Waals surface area contributed by atoms with Crippen molar-refractivity contribution in [2.75, 3.05) is 18.4 Å². The third-order valence-electron chi connectivity index (χ3n) is 5.40. The molecule has 4 rings (SSSR count). The molecule has 0 spiro atoms. The van der Waals surface area contributed by atoms with E-state index in [9.17, 15) is 4.79 Å². The average Bonchev–Trinajstić information content (AvgIpc) is 3.25. The summed E-state index contributed by atoms with van der Waals surface area (Å²) in [6.07, 6.45) is 5.33. The van der Waals surface area contributed by atoms with Crippen molar-refractivity contribution in [2.45, 2.75) is 32.7 Å². The number of benzene rings is 2. The summed E-state index contributed by atoms with van der Waals surface area (Å²) >= 11 is 0. The molecule has 2 heterocycles. The number of aromatic nitrogens is 3. The molecule has 28 heavy (non-hydrogen) atoms. The van der Waals surface area contributed by atoms with Gasteiger partial charge in [0.25, 0.3) is 5.91 Å². The van der Waals surface area contributed by atoms with Gasteiger partial charge < -0.3 is 10.2 Å². The van der Waals surface area contributed by atoms with Crippen molar-refractivity contribution in [3.05, 3.63) is 71.8 Å². The molecule has 0 saturated carbocycles. The Kier molecular flexibility index (Phi) is 5.10. The molecule has 0 unspecified atom stereocenters. The number of amides is 1. The third kappa shape index (κ3) is 3.91. The van der Waals surface area contributed by atoms with E-state index in [2.05, 4.69) is 47.6 Å². The molecule has 6 nitrogen and oxygen atoms in total. The Labute approximate surface area is 165 Å². The summed E-state index contributed by atoms with van der Waals surface area (Å²) < 4.78 is 1.80. The normalized spacial score (nSPS) is 16.8. The van der Waals surface area contributed by atoms with Crippen LogP contribution in [0, 0.1) is 13.8 Å². The molecule has 6 heteroatoms. The molecule has 1 aromatic heterocycles. The first-order chi connectivity index (χ1) is 13.6. The maximum absolute atomic E-state index is 13.1. The van der Waals surface area contributed by atoms with Crippen LogP contribution in [0.5, 0.6) is 0 Å². The van der Waals surface area contributed by atoms with Crippen LogP contribution < -0.4 is 5.32 Å². The van der Waals surface area contributed by atoms with Crippen LogP contribution >= 0.6 is 0 Å². The summed E-state index contributed by atoms with van der Waals surface area (Å²) in [5.41, 5.74) is 5.27. The molecule has 3 aromatic rings. The predicted molar refractivity (Wildman–Crippen MR) is 110 cm³/mol. The zero-order valence-corrected chi connectivity index (χ0v) is 16.3. The second-order valence-corrected chi connectivity index (χ2v) is 7.45. The lowest BCUT2D eigenvalue weighted by atomic mass is 10.0. The number of anilines is 1. The van der Waals surface area contributed by atoms with Crippen LogP contribution in [-0.4, -0.2) is 44.7 Å². The SMILES string of the molecule is Cc1ccc(N[C@@H]2CCCN(C(=O)c3cccc(-n4cnnc4)c3)C2)cc1C. The Balaban J connectivity index is 1.46. The highest BCUT2D eigenvalue weighted by atomic mass is 16.2. The molecule has 0 radical (unpaired) electrons. The van der Waals surface area contributed by atoms with Gasteiger partial charge in [-0.1, -0.05) is 12.1 Å². The van der Waals surface area contributed by atoms with Crippen molar-refractivity contribution in [3.8, 4) is 5.69 Å². The van der Waals surface area contributed by atoms with Crippen LogP contribution in [0.2, 0.25) is 0 Å². The van der Waals surface area contributed by atoms with E-state index in [-0.39, 0.29) is 11.9 Å². The molecule has 0 bridgehead atoms. The molecular weight excluding hydrogens is 350 g/mol. The molecule has 1 amide bonds. The Morgan fingerprint density at radius 1 is 1.07 bits per heavy atom. The number of hydrogen-bond acceptors (Lipinski definition) is 4. The molecule has 1 atom stereocenters. The maximum Gasteiger partial charge on any atom is 0.253 e. The fourth-order valence-corrected chi connectivity index (χ4v) is 3.66. The number of nitrogens with one attached hydrogen (secondary N) is 1. The lowest BCUT2D eigenvalue weighted by Crippen LogP contribution is -2.45. The molecular formula is C22H25N5O. The van der Waals surface area contributed by atoms with Crippen LogP contribution in [0.4, 0.5) is 5.69 Å². The highest BCUT2D eigenvalue weighted by Crippen LogP contribution is 2.21. The zero-order chi connectivity index (χ0) is 19.5. The number of hydrogen-bond donors (Lipinski definition) is 1. The first-order valence-corrected chi connectivity index (χ1v) is 9.68. The van der Waals surface area contributed by atoms with Gasteiger partial charge in [0, 0.05) is 36.1 Å². The quantitative estimate of drug-likeness (QED) is 0.757. The van der Waals surface area contributed by atoms with E-state index in [1.807, 2.05) is 29.2 Å². The molecule has 1 aliphatic heterocycles. The van der Waals surface area contributed by atoms with Crippen molar-refractivity contribution < 1.29 is 4.79 Å². The van der Waals surface area contributed by atoms with Gasteiger partial charge in [0.2, 0.25) is 0 Å². The Hall–Kier alpha value is -3.15. The summed E-state index contributed by atoms with van der Waals surface area (Å²) in [6.45, 7) is 5.75. The molecule has 0 aliphatic carbocycles. The molecule has 1 fully saturated rings. The first kappa shape index (κ1) is 18.2. The van der Waals surface area contributed by atoms with Gasteiger partial charge in [-0.05, 0) is 68.1 Å². The largest absolute Gasteiger partial charge is 0.381 e. The van der Waals surface area contributed by atoms with Gasteiger partial charge >= 0.3 is 0 Å². The van der Waals surface area contributed by atoms with Gasteiger partial charge in [0.05, 0.1) is 0 Å². The van der Waals surface area contributed by atoms with Crippen LogP contribution in [0.25, 0.3) is 5.69 Å². The highest BCUT2D eigenvalue weighted by Gasteiger charge is 2.24. The van der Waals surface area contributed by atoms with Gasteiger partial charge in [-0.3, -0.25) is 9.36 Å². The minimum atomic E-state index is 0.0708. The number of nitrogens with zero attached hydrogens (tertiary/aromatic N) is 4. The fraction of sp³-hybridized carbons (Fsp3) is 0.318. The first-order valence-electron chi connectivity index (χ1n) is 9.68. The van der Waals surface area contributed by atoms with E-state index in [1.54, 1.807) is 17.2 Å². The predicted octanol–water partition coefficient (Wildman–Crippen LogP) is 3.60. The van der Waals surface area contributed by atoms with Gasteiger partial charge in [0.15, 0.2) is 0 Å². The highest BCUT2D eigenvalue weighted by molar-refractivity contribution is 5.94. The summed E-state index contributed by atoms with van der Waals surface area (Å²) in [7, 11) is 0. The monoisotopic (exact) mass is 375 g/mol. The lowest BCUT2D eigenvalue weighted by molar-refractivity contribution is 0.0715. The number of carbonyl (C=O) groups excluding carboxylic acids is 1. The van der Waals surface area contributed by atoms with Crippen molar-refractivity contribution in [1.82, 2.24) is 19.7 Å². The number of rotatable bonds is 4. The number of aryl methyl sites for hydroxylation is 2. The van der Waals surface area contributed by atoms with Crippen LogP contribution in [0.15, 0.2) is 55.1 Å². The summed E-state index contributed by atoms with van der Waals surface area (Å²) in [5.74, 6) is 0.0708. The molecule has 144 valence electrons. The Bertz CT molecular complexity index is 967. The van der Waals surface area contributed by atoms with E-state index < -0.39 is 0 Å². The minimum absolute atomic E-state index is 0.0708. The van der Waals surface area contributed by atoms with Gasteiger partial charge in [-0.25, -0.2) is 0 Å². The summed E-state index contributed by atoms with van der Waals surface area (Å²) in [6, 6.07) is 14.3. The standard InChI is InChI=1S/C22H25N5O/c1-16-8-9-19(11-17(16)2)25-20-6-4-10-26(13-20)22(28)18-5-3-7-21(12-18)27-14-23-24-15-27/h3,5,7-9,11-12,14-15,20,25H,4,6,10,13H2,1-2H3/t20-/m1/s1. The van der Waals surface area contributed by atoms with Crippen molar-refractivity contribution in [2.24, 2.45) is 0 Å². The summed E-state index contributed by atoms with van der Waals surface area (Å²) in [5, 5.41) is 11.3. The van der Waals surface area contributed by atoms with Crippen molar-refractivity contribution in [1.29, 1.82) is 0 Å². The van der Waals surface area contributed by atoms with Crippen LogP contribution in [0.3, 0.4) is 0 Å². The van der Waals surface area contributed by atoms with Gasteiger partial charge in [-0.15, -0.1) is 10.2 Å².